The van der Waals surface area contributed by atoms with Crippen LogP contribution in [0.4, 0.5) is 5.82 Å². The van der Waals surface area contributed by atoms with Crippen molar-refractivity contribution < 1.29 is 17.9 Å². The maximum absolute atomic E-state index is 12.2. The highest BCUT2D eigenvalue weighted by atomic mass is 32.2. The van der Waals surface area contributed by atoms with E-state index < -0.39 is 16.1 Å². The van der Waals surface area contributed by atoms with Crippen molar-refractivity contribution >= 4 is 21.9 Å². The molecule has 22 heavy (non-hydrogen) atoms. The molecule has 2 atom stereocenters. The fraction of sp³-hybridized carbons (Fsp3) is 0.538. The number of ether oxygens (including phenoxy) is 1. The van der Waals surface area contributed by atoms with Gasteiger partial charge in [0.15, 0.2) is 0 Å². The third kappa shape index (κ3) is 4.73. The van der Waals surface area contributed by atoms with E-state index in [9.17, 15) is 13.2 Å². The minimum atomic E-state index is -3.71. The van der Waals surface area contributed by atoms with Crippen molar-refractivity contribution in [2.75, 3.05) is 25.0 Å². The first-order valence-electron chi connectivity index (χ1n) is 6.98. The van der Waals surface area contributed by atoms with Gasteiger partial charge in [0.2, 0.25) is 5.91 Å². The molecule has 0 saturated carbocycles. The number of nitrogens with zero attached hydrogens (tertiary/aromatic N) is 2. The van der Waals surface area contributed by atoms with Gasteiger partial charge < -0.3 is 10.1 Å². The fourth-order valence-electron chi connectivity index (χ4n) is 2.20. The first-order valence-corrected chi connectivity index (χ1v) is 8.42. The van der Waals surface area contributed by atoms with Crippen LogP contribution in [0.1, 0.15) is 13.8 Å². The molecule has 9 heteroatoms. The van der Waals surface area contributed by atoms with E-state index in [1.54, 1.807) is 18.2 Å². The molecule has 1 aliphatic heterocycles. The molecule has 1 aromatic heterocycles. The molecule has 0 aliphatic carbocycles. The Morgan fingerprint density at radius 3 is 2.64 bits per heavy atom. The lowest BCUT2D eigenvalue weighted by atomic mass is 10.3. The summed E-state index contributed by atoms with van der Waals surface area (Å²) in [6.07, 6.45) is 1.18. The average Bonchev–Trinajstić information content (AvgIpc) is 2.45. The van der Waals surface area contributed by atoms with Gasteiger partial charge in [-0.25, -0.2) is 4.98 Å². The SMILES string of the molecule is CC1CN(S(=O)(=O)NCC(=O)Nc2ccccn2)CC(C)O1. The molecule has 1 saturated heterocycles. The zero-order valence-electron chi connectivity index (χ0n) is 12.5. The molecular formula is C13H20N4O4S. The van der Waals surface area contributed by atoms with Crippen molar-refractivity contribution in [2.45, 2.75) is 26.1 Å². The van der Waals surface area contributed by atoms with Crippen molar-refractivity contribution in [1.29, 1.82) is 0 Å². The van der Waals surface area contributed by atoms with E-state index in [1.807, 2.05) is 13.8 Å². The van der Waals surface area contributed by atoms with Crippen LogP contribution in [0.3, 0.4) is 0 Å². The van der Waals surface area contributed by atoms with E-state index >= 15 is 0 Å². The summed E-state index contributed by atoms with van der Waals surface area (Å²) in [5, 5.41) is 2.51. The Balaban J connectivity index is 1.88. The summed E-state index contributed by atoms with van der Waals surface area (Å²) < 4.78 is 33.5. The second kappa shape index (κ2) is 7.14. The second-order valence-corrected chi connectivity index (χ2v) is 6.92. The molecule has 2 unspecified atom stereocenters. The van der Waals surface area contributed by atoms with Crippen molar-refractivity contribution in [3.8, 4) is 0 Å². The molecule has 2 N–H and O–H groups in total. The normalized spacial score (nSPS) is 23.2. The molecule has 0 aromatic carbocycles. The van der Waals surface area contributed by atoms with Gasteiger partial charge in [-0.05, 0) is 26.0 Å². The minimum absolute atomic E-state index is 0.178. The van der Waals surface area contributed by atoms with Crippen LogP contribution in [0.25, 0.3) is 0 Å². The quantitative estimate of drug-likeness (QED) is 0.790. The highest BCUT2D eigenvalue weighted by molar-refractivity contribution is 7.87. The molecule has 1 aromatic rings. The van der Waals surface area contributed by atoms with Crippen LogP contribution < -0.4 is 10.0 Å². The standard InChI is InChI=1S/C13H20N4O4S/c1-10-8-17(9-11(2)21-10)22(19,20)15-7-13(18)16-12-5-3-4-6-14-12/h3-6,10-11,15H,7-9H2,1-2H3,(H,14,16,18). The number of aromatic nitrogens is 1. The Kier molecular flexibility index (Phi) is 5.46. The van der Waals surface area contributed by atoms with Crippen molar-refractivity contribution in [3.63, 3.8) is 0 Å². The molecule has 122 valence electrons. The van der Waals surface area contributed by atoms with E-state index in [1.165, 1.54) is 10.5 Å². The number of nitrogens with one attached hydrogen (secondary N) is 2. The van der Waals surface area contributed by atoms with Gasteiger partial charge in [0, 0.05) is 19.3 Å². The fourth-order valence-corrected chi connectivity index (χ4v) is 3.51. The molecule has 2 rings (SSSR count). The van der Waals surface area contributed by atoms with Gasteiger partial charge >= 0.3 is 0 Å². The Morgan fingerprint density at radius 1 is 1.36 bits per heavy atom. The number of hydrogen-bond acceptors (Lipinski definition) is 5. The van der Waals surface area contributed by atoms with E-state index in [2.05, 4.69) is 15.0 Å². The maximum Gasteiger partial charge on any atom is 0.280 e. The van der Waals surface area contributed by atoms with E-state index in [0.717, 1.165) is 0 Å². The van der Waals surface area contributed by atoms with Crippen LogP contribution in [-0.2, 0) is 19.7 Å². The summed E-state index contributed by atoms with van der Waals surface area (Å²) in [7, 11) is -3.71. The molecule has 2 heterocycles. The molecule has 1 amide bonds. The number of pyridine rings is 1. The van der Waals surface area contributed by atoms with Crippen molar-refractivity contribution in [3.05, 3.63) is 24.4 Å². The summed E-state index contributed by atoms with van der Waals surface area (Å²) in [6.45, 7) is 3.81. The maximum atomic E-state index is 12.2. The van der Waals surface area contributed by atoms with Gasteiger partial charge in [0.25, 0.3) is 10.2 Å². The summed E-state index contributed by atoms with van der Waals surface area (Å²) in [5.41, 5.74) is 0. The van der Waals surface area contributed by atoms with Crippen LogP contribution in [0, 0.1) is 0 Å². The number of hydrogen-bond donors (Lipinski definition) is 2. The summed E-state index contributed by atoms with van der Waals surface area (Å²) in [6, 6.07) is 5.07. The lowest BCUT2D eigenvalue weighted by Crippen LogP contribution is -2.52. The van der Waals surface area contributed by atoms with Gasteiger partial charge in [-0.3, -0.25) is 4.79 Å². The second-order valence-electron chi connectivity index (χ2n) is 5.16. The van der Waals surface area contributed by atoms with E-state index in [0.29, 0.717) is 5.82 Å². The molecule has 8 nitrogen and oxygen atoms in total. The number of rotatable bonds is 5. The smallest absolute Gasteiger partial charge is 0.280 e. The van der Waals surface area contributed by atoms with Crippen LogP contribution in [0.15, 0.2) is 24.4 Å². The largest absolute Gasteiger partial charge is 0.373 e. The summed E-state index contributed by atoms with van der Waals surface area (Å²) in [4.78, 5) is 15.7. The number of carbonyl (C=O) groups is 1. The summed E-state index contributed by atoms with van der Waals surface area (Å²) >= 11 is 0. The lowest BCUT2D eigenvalue weighted by molar-refractivity contribution is -0.115. The Morgan fingerprint density at radius 2 is 2.05 bits per heavy atom. The number of morpholine rings is 1. The molecular weight excluding hydrogens is 308 g/mol. The van der Waals surface area contributed by atoms with E-state index in [4.69, 9.17) is 4.74 Å². The van der Waals surface area contributed by atoms with Crippen LogP contribution >= 0.6 is 0 Å². The first kappa shape index (κ1) is 16.8. The predicted octanol–water partition coefficient (Wildman–Crippen LogP) is -0.0363. The van der Waals surface area contributed by atoms with Gasteiger partial charge in [-0.2, -0.15) is 17.4 Å². The Hall–Kier alpha value is -1.55. The number of anilines is 1. The van der Waals surface area contributed by atoms with Crippen molar-refractivity contribution in [2.24, 2.45) is 0 Å². The molecule has 0 bridgehead atoms. The minimum Gasteiger partial charge on any atom is -0.373 e. The Bertz CT molecular complexity index is 598. The number of amides is 1. The lowest BCUT2D eigenvalue weighted by Gasteiger charge is -2.34. The zero-order chi connectivity index (χ0) is 16.2. The van der Waals surface area contributed by atoms with E-state index in [-0.39, 0.29) is 31.8 Å². The predicted molar refractivity (Wildman–Crippen MR) is 81.4 cm³/mol. The van der Waals surface area contributed by atoms with Gasteiger partial charge in [-0.1, -0.05) is 6.07 Å². The van der Waals surface area contributed by atoms with Crippen LogP contribution in [0.5, 0.6) is 0 Å². The summed E-state index contributed by atoms with van der Waals surface area (Å²) in [5.74, 6) is -0.100. The van der Waals surface area contributed by atoms with Gasteiger partial charge in [0.1, 0.15) is 5.82 Å². The van der Waals surface area contributed by atoms with Crippen molar-refractivity contribution in [1.82, 2.24) is 14.0 Å². The van der Waals surface area contributed by atoms with Crippen LogP contribution in [-0.4, -0.2) is 55.5 Å². The molecule has 0 radical (unpaired) electrons. The monoisotopic (exact) mass is 328 g/mol. The van der Waals surface area contributed by atoms with Gasteiger partial charge in [0.05, 0.1) is 18.8 Å². The molecule has 0 spiro atoms. The number of carbonyl (C=O) groups excluding carboxylic acids is 1. The topological polar surface area (TPSA) is 101 Å². The third-order valence-corrected chi connectivity index (χ3v) is 4.56. The highest BCUT2D eigenvalue weighted by Crippen LogP contribution is 2.13. The third-order valence-electron chi connectivity index (χ3n) is 3.07. The molecule has 1 aliphatic rings. The first-order chi connectivity index (χ1) is 10.4. The molecule has 1 fully saturated rings. The average molecular weight is 328 g/mol. The van der Waals surface area contributed by atoms with Crippen LogP contribution in [0.2, 0.25) is 0 Å². The highest BCUT2D eigenvalue weighted by Gasteiger charge is 2.31. The Labute approximate surface area is 130 Å². The zero-order valence-corrected chi connectivity index (χ0v) is 13.3. The van der Waals surface area contributed by atoms with Gasteiger partial charge in [-0.15, -0.1) is 0 Å².